The summed E-state index contributed by atoms with van der Waals surface area (Å²) in [6, 6.07) is -1.01. The van der Waals surface area contributed by atoms with Crippen LogP contribution >= 0.6 is 35.1 Å². The molecule has 2 atom stereocenters. The van der Waals surface area contributed by atoms with E-state index in [0.29, 0.717) is 10.7 Å². The topological polar surface area (TPSA) is 191 Å². The number of carbonyl (C=O) groups is 3. The number of anilines is 1. The first-order valence-electron chi connectivity index (χ1n) is 7.85. The van der Waals surface area contributed by atoms with Crippen molar-refractivity contribution in [3.8, 4) is 0 Å². The van der Waals surface area contributed by atoms with Crippen LogP contribution < -0.4 is 11.1 Å². The summed E-state index contributed by atoms with van der Waals surface area (Å²) in [4.78, 5) is 41.9. The molecule has 2 aliphatic rings. The van der Waals surface area contributed by atoms with Crippen molar-refractivity contribution in [3.63, 3.8) is 0 Å². The number of nitrogens with one attached hydrogen (secondary N) is 1. The van der Waals surface area contributed by atoms with Crippen LogP contribution in [0.4, 0.5) is 5.13 Å². The number of β-lactam (4-membered cyclic amide) rings is 1. The first-order chi connectivity index (χ1) is 13.9. The number of nitrogens with two attached hydrogens (primary N) is 1. The number of oxime groups is 1. The van der Waals surface area contributed by atoms with Crippen LogP contribution in [0.2, 0.25) is 0 Å². The molecule has 0 spiro atoms. The molecule has 0 saturated carbocycles. The van der Waals surface area contributed by atoms with Gasteiger partial charge in [-0.15, -0.1) is 11.8 Å². The van der Waals surface area contributed by atoms with E-state index in [4.69, 9.17) is 16.0 Å². The summed E-state index contributed by atoms with van der Waals surface area (Å²) in [5.74, 6) is -2.66. The summed E-state index contributed by atoms with van der Waals surface area (Å²) >= 11 is 3.18. The predicted octanol–water partition coefficient (Wildman–Crippen LogP) is -0.766. The molecule has 15 heteroatoms. The van der Waals surface area contributed by atoms with Crippen LogP contribution in [-0.4, -0.2) is 76.9 Å². The molecule has 0 radical (unpaired) electrons. The van der Waals surface area contributed by atoms with Gasteiger partial charge >= 0.3 is 5.97 Å². The Balaban J connectivity index is 1.76. The fraction of sp³-hybridized carbons (Fsp3) is 0.286. The average molecular weight is 459 g/mol. The lowest BCUT2D eigenvalue weighted by Gasteiger charge is -2.49. The average Bonchev–Trinajstić information content (AvgIpc) is 3.12. The van der Waals surface area contributed by atoms with Crippen LogP contribution in [0.3, 0.4) is 0 Å². The second kappa shape index (κ2) is 8.81. The van der Waals surface area contributed by atoms with Gasteiger partial charge in [-0.25, -0.2) is 4.79 Å². The Kier molecular flexibility index (Phi) is 6.41. The minimum Gasteiger partial charge on any atom is -0.477 e. The van der Waals surface area contributed by atoms with E-state index in [0.717, 1.165) is 28.2 Å². The normalized spacial score (nSPS) is 21.9. The molecule has 3 heterocycles. The van der Waals surface area contributed by atoms with Crippen molar-refractivity contribution in [3.05, 3.63) is 27.9 Å². The van der Waals surface area contributed by atoms with Gasteiger partial charge in [-0.2, -0.15) is 9.36 Å². The van der Waals surface area contributed by atoms with Gasteiger partial charge < -0.3 is 26.5 Å². The van der Waals surface area contributed by atoms with E-state index in [2.05, 4.69) is 19.8 Å². The Morgan fingerprint density at radius 1 is 1.48 bits per heavy atom. The Bertz CT molecular complexity index is 944. The number of carbonyl (C=O) groups excluding carboxylic acids is 2. The molecule has 12 nitrogen and oxygen atoms in total. The number of amides is 2. The van der Waals surface area contributed by atoms with Crippen LogP contribution in [0, 0.1) is 0 Å². The minimum atomic E-state index is -1.27. The molecule has 0 aliphatic carbocycles. The number of thioether (sulfide) groups is 2. The number of carboxylic acid groups (broad SMARTS) is 1. The number of aliphatic hydroxyl groups is 1. The highest BCUT2D eigenvalue weighted by Gasteiger charge is 2.54. The van der Waals surface area contributed by atoms with Crippen LogP contribution in [0.1, 0.15) is 5.82 Å². The Morgan fingerprint density at radius 3 is 2.83 bits per heavy atom. The van der Waals surface area contributed by atoms with Crippen molar-refractivity contribution in [1.29, 1.82) is 0 Å². The van der Waals surface area contributed by atoms with Gasteiger partial charge in [0.05, 0.1) is 6.61 Å². The third-order valence-electron chi connectivity index (χ3n) is 3.80. The fourth-order valence-electron chi connectivity index (χ4n) is 2.59. The van der Waals surface area contributed by atoms with E-state index in [9.17, 15) is 19.5 Å². The molecule has 154 valence electrons. The van der Waals surface area contributed by atoms with Gasteiger partial charge in [0.25, 0.3) is 11.8 Å². The molecule has 0 aromatic carbocycles. The van der Waals surface area contributed by atoms with Gasteiger partial charge in [-0.1, -0.05) is 23.0 Å². The van der Waals surface area contributed by atoms with Crippen LogP contribution in [0.15, 0.2) is 27.2 Å². The lowest BCUT2D eigenvalue weighted by atomic mass is 10.0. The van der Waals surface area contributed by atoms with Gasteiger partial charge in [0.1, 0.15) is 17.1 Å². The number of hydrogen-bond donors (Lipinski definition) is 5. The molecule has 6 N–H and O–H groups in total. The zero-order valence-electron chi connectivity index (χ0n) is 14.4. The first kappa shape index (κ1) is 21.1. The third-order valence-corrected chi connectivity index (χ3v) is 6.76. The molecular formula is C14H14N6O6S3. The molecule has 29 heavy (non-hydrogen) atoms. The highest BCUT2D eigenvalue weighted by molar-refractivity contribution is 8.08. The van der Waals surface area contributed by atoms with E-state index < -0.39 is 34.9 Å². The Labute approximate surface area is 175 Å². The molecular weight excluding hydrogens is 444 g/mol. The van der Waals surface area contributed by atoms with Crippen LogP contribution in [-0.2, 0) is 14.4 Å². The van der Waals surface area contributed by atoms with Gasteiger partial charge in [-0.3, -0.25) is 14.5 Å². The smallest absolute Gasteiger partial charge is 0.353 e. The van der Waals surface area contributed by atoms with E-state index in [1.165, 1.54) is 17.8 Å². The summed E-state index contributed by atoms with van der Waals surface area (Å²) in [5.41, 5.74) is 4.78. The van der Waals surface area contributed by atoms with E-state index in [-0.39, 0.29) is 23.3 Å². The lowest BCUT2D eigenvalue weighted by molar-refractivity contribution is -0.150. The van der Waals surface area contributed by atoms with Gasteiger partial charge in [0, 0.05) is 22.2 Å². The first-order valence-corrected chi connectivity index (χ1v) is 10.5. The largest absolute Gasteiger partial charge is 0.477 e. The van der Waals surface area contributed by atoms with Gasteiger partial charge in [0.15, 0.2) is 5.13 Å². The molecule has 1 saturated heterocycles. The molecule has 1 fully saturated rings. The molecule has 1 aromatic rings. The standard InChI is InChI=1S/C14H14N6O6S3/c15-14-17-9(19-29-14)6(18-26)10(22)16-7-11(23)20-8(13(24)25)5(4-28-12(7)20)27-3-1-2-21/h1,3,7,12,21,26H,2,4H2,(H,16,22)(H,24,25)(H2,15,17,19)/b3-1-,18-6-/t7?,12-/m1/s1. The maximum absolute atomic E-state index is 12.6. The summed E-state index contributed by atoms with van der Waals surface area (Å²) < 4.78 is 3.78. The van der Waals surface area contributed by atoms with Crippen molar-refractivity contribution in [2.45, 2.75) is 11.4 Å². The number of aliphatic carboxylic acids is 1. The van der Waals surface area contributed by atoms with Crippen LogP contribution in [0.25, 0.3) is 0 Å². The SMILES string of the molecule is Nc1nc(/C(=N/O)C(=O)NC2C(=O)N3C(C(=O)O)=C(S/C=C\CO)CS[C@H]23)ns1. The maximum Gasteiger partial charge on any atom is 0.353 e. The molecule has 2 aliphatic heterocycles. The minimum absolute atomic E-state index is 0.0687. The van der Waals surface area contributed by atoms with Crippen molar-refractivity contribution in [2.24, 2.45) is 5.16 Å². The number of hydrogen-bond acceptors (Lipinski definition) is 12. The van der Waals surface area contributed by atoms with Crippen molar-refractivity contribution >= 4 is 63.7 Å². The van der Waals surface area contributed by atoms with Crippen molar-refractivity contribution < 1.29 is 29.8 Å². The molecule has 3 rings (SSSR count). The summed E-state index contributed by atoms with van der Waals surface area (Å²) in [5, 5.41) is 33.7. The zero-order chi connectivity index (χ0) is 21.1. The van der Waals surface area contributed by atoms with E-state index in [1.54, 1.807) is 5.41 Å². The summed E-state index contributed by atoms with van der Waals surface area (Å²) in [7, 11) is 0. The van der Waals surface area contributed by atoms with Crippen molar-refractivity contribution in [2.75, 3.05) is 18.1 Å². The summed E-state index contributed by atoms with van der Waals surface area (Å²) in [6.45, 7) is -0.191. The number of nitrogens with zero attached hydrogens (tertiary/aromatic N) is 4. The number of nitrogen functional groups attached to an aromatic ring is 1. The second-order valence-corrected chi connectivity index (χ2v) is 8.40. The van der Waals surface area contributed by atoms with E-state index in [1.807, 2.05) is 0 Å². The fourth-order valence-corrected chi connectivity index (χ4v) is 5.34. The molecule has 1 aromatic heterocycles. The van der Waals surface area contributed by atoms with Crippen LogP contribution in [0.5, 0.6) is 0 Å². The predicted molar refractivity (Wildman–Crippen MR) is 106 cm³/mol. The zero-order valence-corrected chi connectivity index (χ0v) is 16.8. The highest BCUT2D eigenvalue weighted by atomic mass is 32.2. The molecule has 1 unspecified atom stereocenters. The molecule has 2 amide bonds. The van der Waals surface area contributed by atoms with Gasteiger partial charge in [0.2, 0.25) is 11.5 Å². The lowest BCUT2D eigenvalue weighted by Crippen LogP contribution is -2.71. The second-order valence-electron chi connectivity index (χ2n) is 5.51. The number of aromatic nitrogens is 2. The van der Waals surface area contributed by atoms with Crippen molar-refractivity contribution in [1.82, 2.24) is 19.6 Å². The maximum atomic E-state index is 12.6. The number of carboxylic acids is 1. The van der Waals surface area contributed by atoms with Gasteiger partial charge in [-0.05, 0) is 5.41 Å². The molecule has 0 bridgehead atoms. The third kappa shape index (κ3) is 4.07. The van der Waals surface area contributed by atoms with E-state index >= 15 is 0 Å². The monoisotopic (exact) mass is 458 g/mol. The Morgan fingerprint density at radius 2 is 2.24 bits per heavy atom. The summed E-state index contributed by atoms with van der Waals surface area (Å²) in [6.07, 6.45) is 1.45. The number of rotatable bonds is 7. The number of aliphatic hydroxyl groups excluding tert-OH is 1. The Hall–Kier alpha value is -2.62. The quantitative estimate of drug-likeness (QED) is 0.149. The highest BCUT2D eigenvalue weighted by Crippen LogP contribution is 2.43. The number of fused-ring (bicyclic) bond motifs is 1.